The van der Waals surface area contributed by atoms with E-state index in [4.69, 9.17) is 4.74 Å². The second-order valence-electron chi connectivity index (χ2n) is 7.21. The highest BCUT2D eigenvalue weighted by Crippen LogP contribution is 2.27. The predicted octanol–water partition coefficient (Wildman–Crippen LogP) is 2.68. The van der Waals surface area contributed by atoms with Gasteiger partial charge in [-0.25, -0.2) is 9.97 Å². The molecule has 1 fully saturated rings. The van der Waals surface area contributed by atoms with Gasteiger partial charge in [0.15, 0.2) is 0 Å². The van der Waals surface area contributed by atoms with Crippen molar-refractivity contribution in [3.05, 3.63) is 47.8 Å². The van der Waals surface area contributed by atoms with E-state index in [1.54, 1.807) is 12.4 Å². The summed E-state index contributed by atoms with van der Waals surface area (Å²) in [5.41, 5.74) is 2.53. The highest BCUT2D eigenvalue weighted by molar-refractivity contribution is 5.80. The summed E-state index contributed by atoms with van der Waals surface area (Å²) in [6.45, 7) is 5.71. The molecule has 0 radical (unpaired) electrons. The molecule has 1 atom stereocenters. The van der Waals surface area contributed by atoms with Gasteiger partial charge in [0.1, 0.15) is 5.75 Å². The molecule has 2 aliphatic rings. The van der Waals surface area contributed by atoms with Crippen molar-refractivity contribution in [1.82, 2.24) is 14.9 Å². The maximum Gasteiger partial charge on any atom is 0.227 e. The van der Waals surface area contributed by atoms with E-state index in [0.29, 0.717) is 19.7 Å². The first-order valence-electron chi connectivity index (χ1n) is 9.80. The molecule has 0 aliphatic carbocycles. The number of aromatic nitrogens is 2. The molecule has 2 aliphatic heterocycles. The summed E-state index contributed by atoms with van der Waals surface area (Å²) in [6, 6.07) is 8.07. The number of carbonyl (C=O) groups excluding carboxylic acids is 1. The molecule has 4 rings (SSSR count). The lowest BCUT2D eigenvalue weighted by atomic mass is 9.94. The van der Waals surface area contributed by atoms with Crippen molar-refractivity contribution >= 4 is 11.9 Å². The van der Waals surface area contributed by atoms with E-state index in [1.807, 2.05) is 24.0 Å². The molecule has 1 aromatic carbocycles. The topological polar surface area (TPSA) is 58.6 Å². The third kappa shape index (κ3) is 3.89. The number of hydrogen-bond acceptors (Lipinski definition) is 5. The van der Waals surface area contributed by atoms with Crippen LogP contribution in [0.25, 0.3) is 0 Å². The molecule has 1 amide bonds. The van der Waals surface area contributed by atoms with Crippen molar-refractivity contribution in [3.63, 3.8) is 0 Å². The van der Waals surface area contributed by atoms with Crippen LogP contribution in [0.1, 0.15) is 30.9 Å². The number of amides is 1. The first kappa shape index (κ1) is 17.8. The van der Waals surface area contributed by atoms with Gasteiger partial charge in [0.2, 0.25) is 11.9 Å². The van der Waals surface area contributed by atoms with Gasteiger partial charge in [-0.05, 0) is 55.5 Å². The molecule has 0 spiro atoms. The summed E-state index contributed by atoms with van der Waals surface area (Å²) in [5, 5.41) is 0. The Bertz CT molecular complexity index is 796. The third-order valence-electron chi connectivity index (χ3n) is 5.42. The van der Waals surface area contributed by atoms with Crippen LogP contribution in [-0.4, -0.2) is 47.0 Å². The normalized spacial score (nSPS) is 19.5. The second kappa shape index (κ2) is 7.94. The number of piperidine rings is 1. The molecule has 0 N–H and O–H groups in total. The van der Waals surface area contributed by atoms with Crippen LogP contribution in [0.5, 0.6) is 5.75 Å². The average molecular weight is 366 g/mol. The van der Waals surface area contributed by atoms with Gasteiger partial charge in [0.05, 0.1) is 12.5 Å². The fourth-order valence-electron chi connectivity index (χ4n) is 4.05. The van der Waals surface area contributed by atoms with Gasteiger partial charge >= 0.3 is 0 Å². The number of fused-ring (bicyclic) bond motifs is 1. The van der Waals surface area contributed by atoms with E-state index >= 15 is 0 Å². The number of rotatable bonds is 4. The zero-order valence-corrected chi connectivity index (χ0v) is 15.8. The van der Waals surface area contributed by atoms with Crippen LogP contribution in [-0.2, 0) is 17.8 Å². The average Bonchev–Trinajstić information content (AvgIpc) is 2.74. The van der Waals surface area contributed by atoms with Gasteiger partial charge in [-0.2, -0.15) is 0 Å². The minimum absolute atomic E-state index is 0.0131. The van der Waals surface area contributed by atoms with Crippen molar-refractivity contribution in [2.24, 2.45) is 5.92 Å². The van der Waals surface area contributed by atoms with Crippen molar-refractivity contribution in [3.8, 4) is 5.75 Å². The maximum absolute atomic E-state index is 13.2. The van der Waals surface area contributed by atoms with Crippen LogP contribution in [0.4, 0.5) is 5.95 Å². The smallest absolute Gasteiger partial charge is 0.227 e. The predicted molar refractivity (Wildman–Crippen MR) is 104 cm³/mol. The van der Waals surface area contributed by atoms with Crippen LogP contribution >= 0.6 is 0 Å². The van der Waals surface area contributed by atoms with Crippen LogP contribution in [0, 0.1) is 5.92 Å². The molecule has 0 bridgehead atoms. The molecular weight excluding hydrogens is 340 g/mol. The number of anilines is 1. The number of ether oxygens (including phenoxy) is 1. The fourth-order valence-corrected chi connectivity index (χ4v) is 4.05. The minimum atomic E-state index is 0.0131. The quantitative estimate of drug-likeness (QED) is 0.833. The molecular formula is C21H26N4O2. The van der Waals surface area contributed by atoms with Crippen molar-refractivity contribution in [2.45, 2.75) is 32.7 Å². The maximum atomic E-state index is 13.2. The lowest BCUT2D eigenvalue weighted by Gasteiger charge is -2.36. The highest BCUT2D eigenvalue weighted by atomic mass is 16.5. The van der Waals surface area contributed by atoms with Gasteiger partial charge in [-0.1, -0.05) is 6.07 Å². The lowest BCUT2D eigenvalue weighted by molar-refractivity contribution is -0.136. The summed E-state index contributed by atoms with van der Waals surface area (Å²) in [6.07, 6.45) is 6.35. The number of benzene rings is 1. The summed E-state index contributed by atoms with van der Waals surface area (Å²) in [4.78, 5) is 26.0. The van der Waals surface area contributed by atoms with E-state index in [9.17, 15) is 4.79 Å². The number of carbonyl (C=O) groups is 1. The van der Waals surface area contributed by atoms with Gasteiger partial charge in [0, 0.05) is 38.6 Å². The Morgan fingerprint density at radius 3 is 2.89 bits per heavy atom. The largest absolute Gasteiger partial charge is 0.494 e. The van der Waals surface area contributed by atoms with Crippen LogP contribution < -0.4 is 9.64 Å². The van der Waals surface area contributed by atoms with E-state index in [2.05, 4.69) is 27.0 Å². The molecule has 0 unspecified atom stereocenters. The van der Waals surface area contributed by atoms with Gasteiger partial charge in [0.25, 0.3) is 0 Å². The summed E-state index contributed by atoms with van der Waals surface area (Å²) >= 11 is 0. The van der Waals surface area contributed by atoms with Crippen molar-refractivity contribution < 1.29 is 9.53 Å². The van der Waals surface area contributed by atoms with E-state index in [1.165, 1.54) is 11.1 Å². The number of hydrogen-bond donors (Lipinski definition) is 0. The molecule has 6 heteroatoms. The molecule has 27 heavy (non-hydrogen) atoms. The first-order valence-corrected chi connectivity index (χ1v) is 9.80. The summed E-state index contributed by atoms with van der Waals surface area (Å²) < 4.78 is 5.62. The van der Waals surface area contributed by atoms with Gasteiger partial charge in [-0.15, -0.1) is 0 Å². The van der Waals surface area contributed by atoms with Crippen molar-refractivity contribution in [2.75, 3.05) is 31.1 Å². The Labute approximate surface area is 160 Å². The lowest BCUT2D eigenvalue weighted by Crippen LogP contribution is -2.46. The Morgan fingerprint density at radius 2 is 2.07 bits per heavy atom. The second-order valence-corrected chi connectivity index (χ2v) is 7.21. The number of nitrogens with zero attached hydrogens (tertiary/aromatic N) is 4. The van der Waals surface area contributed by atoms with E-state index < -0.39 is 0 Å². The first-order chi connectivity index (χ1) is 13.2. The van der Waals surface area contributed by atoms with Crippen LogP contribution in [0.2, 0.25) is 0 Å². The van der Waals surface area contributed by atoms with Crippen LogP contribution in [0.3, 0.4) is 0 Å². The molecule has 142 valence electrons. The molecule has 0 saturated carbocycles. The standard InChI is InChI=1S/C21H26N4O2/c1-2-27-19-7-6-16-8-12-24(15-18(16)13-19)20(26)17-5-3-11-25(14-17)21-22-9-4-10-23-21/h4,6-7,9-10,13,17H,2-3,5,8,11-12,14-15H2,1H3/t17-/m1/s1. The molecule has 2 aromatic rings. The van der Waals surface area contributed by atoms with Crippen LogP contribution in [0.15, 0.2) is 36.7 Å². The van der Waals surface area contributed by atoms with Gasteiger partial charge in [-0.3, -0.25) is 4.79 Å². The monoisotopic (exact) mass is 366 g/mol. The minimum Gasteiger partial charge on any atom is -0.494 e. The fraction of sp³-hybridized carbons (Fsp3) is 0.476. The molecule has 1 aromatic heterocycles. The Hall–Kier alpha value is -2.63. The van der Waals surface area contributed by atoms with E-state index in [-0.39, 0.29) is 11.8 Å². The zero-order valence-electron chi connectivity index (χ0n) is 15.8. The SMILES string of the molecule is CCOc1ccc2c(c1)CN(C(=O)[C@@H]1CCCN(c3ncccn3)C1)CC2. The zero-order chi connectivity index (χ0) is 18.6. The summed E-state index contributed by atoms with van der Waals surface area (Å²) in [7, 11) is 0. The summed E-state index contributed by atoms with van der Waals surface area (Å²) in [5.74, 6) is 1.87. The van der Waals surface area contributed by atoms with Crippen molar-refractivity contribution in [1.29, 1.82) is 0 Å². The molecule has 6 nitrogen and oxygen atoms in total. The molecule has 3 heterocycles. The highest BCUT2D eigenvalue weighted by Gasteiger charge is 2.31. The van der Waals surface area contributed by atoms with Gasteiger partial charge < -0.3 is 14.5 Å². The Morgan fingerprint density at radius 1 is 1.22 bits per heavy atom. The molecule has 1 saturated heterocycles. The Balaban J connectivity index is 1.44. The third-order valence-corrected chi connectivity index (χ3v) is 5.42. The Kier molecular flexibility index (Phi) is 5.23. The van der Waals surface area contributed by atoms with E-state index in [0.717, 1.165) is 44.0 Å².